The molecule has 0 aliphatic rings. The molecule has 1 aromatic carbocycles. The molecule has 2 rings (SSSR count). The molecule has 0 atom stereocenters. The van der Waals surface area contributed by atoms with E-state index in [0.717, 1.165) is 12.1 Å². The molecule has 5 nitrogen and oxygen atoms in total. The first-order chi connectivity index (χ1) is 11.0. The van der Waals surface area contributed by atoms with Crippen molar-refractivity contribution < 1.29 is 18.4 Å². The van der Waals surface area contributed by atoms with Crippen molar-refractivity contribution in [2.45, 2.75) is 6.92 Å². The second-order valence-corrected chi connectivity index (χ2v) is 4.68. The average molecular weight is 319 g/mol. The van der Waals surface area contributed by atoms with Crippen molar-refractivity contribution in [2.75, 3.05) is 18.4 Å². The van der Waals surface area contributed by atoms with Crippen LogP contribution in [0.25, 0.3) is 0 Å². The molecule has 23 heavy (non-hydrogen) atoms. The van der Waals surface area contributed by atoms with Crippen LogP contribution in [0.2, 0.25) is 0 Å². The topological polar surface area (TPSA) is 62.3 Å². The minimum atomic E-state index is -0.877. The lowest BCUT2D eigenvalue weighted by Gasteiger charge is -2.20. The molecule has 0 bridgehead atoms. The van der Waals surface area contributed by atoms with Gasteiger partial charge in [0.2, 0.25) is 5.91 Å². The van der Waals surface area contributed by atoms with Gasteiger partial charge >= 0.3 is 0 Å². The lowest BCUT2D eigenvalue weighted by atomic mass is 10.2. The number of nitrogens with zero attached hydrogens (tertiary/aromatic N) is 2. The second-order valence-electron chi connectivity index (χ2n) is 4.68. The number of para-hydroxylation sites is 1. The minimum absolute atomic E-state index is 0.194. The quantitative estimate of drug-likeness (QED) is 0.921. The van der Waals surface area contributed by atoms with Gasteiger partial charge in [-0.2, -0.15) is 0 Å². The number of benzene rings is 1. The Morgan fingerprint density at radius 1 is 1.13 bits per heavy atom. The average Bonchev–Trinajstić information content (AvgIpc) is 2.56. The number of carbonyl (C=O) groups excluding carboxylic acids is 2. The number of likely N-dealkylation sites (N-methyl/N-ethyl adjacent to an activating group) is 1. The molecule has 1 heterocycles. The summed E-state index contributed by atoms with van der Waals surface area (Å²) in [7, 11) is 0. The van der Waals surface area contributed by atoms with Crippen molar-refractivity contribution in [1.29, 1.82) is 0 Å². The van der Waals surface area contributed by atoms with E-state index >= 15 is 0 Å². The third kappa shape index (κ3) is 4.09. The van der Waals surface area contributed by atoms with Crippen LogP contribution >= 0.6 is 0 Å². The van der Waals surface area contributed by atoms with Crippen LogP contribution in [0.15, 0.2) is 42.6 Å². The van der Waals surface area contributed by atoms with Gasteiger partial charge in [0.15, 0.2) is 0 Å². The molecule has 1 aromatic heterocycles. The number of halogens is 2. The van der Waals surface area contributed by atoms with Gasteiger partial charge in [0.1, 0.15) is 29.6 Å². The van der Waals surface area contributed by atoms with Crippen molar-refractivity contribution in [2.24, 2.45) is 0 Å². The number of aromatic nitrogens is 1. The summed E-state index contributed by atoms with van der Waals surface area (Å²) in [6.45, 7) is 1.61. The van der Waals surface area contributed by atoms with Crippen molar-refractivity contribution in [3.63, 3.8) is 0 Å². The summed E-state index contributed by atoms with van der Waals surface area (Å²) < 4.78 is 27.0. The summed E-state index contributed by atoms with van der Waals surface area (Å²) in [5.74, 6) is -2.88. The minimum Gasteiger partial charge on any atom is -0.328 e. The predicted molar refractivity (Wildman–Crippen MR) is 80.8 cm³/mol. The zero-order chi connectivity index (χ0) is 16.8. The fourth-order valence-corrected chi connectivity index (χ4v) is 1.95. The summed E-state index contributed by atoms with van der Waals surface area (Å²) in [5.41, 5.74) is -0.335. The van der Waals surface area contributed by atoms with Gasteiger partial charge in [-0.25, -0.2) is 8.78 Å². The van der Waals surface area contributed by atoms with E-state index in [1.165, 1.54) is 23.2 Å². The van der Waals surface area contributed by atoms with E-state index in [4.69, 9.17) is 0 Å². The van der Waals surface area contributed by atoms with Crippen LogP contribution in [0, 0.1) is 11.6 Å². The molecule has 120 valence electrons. The van der Waals surface area contributed by atoms with E-state index in [2.05, 4.69) is 10.3 Å². The Morgan fingerprint density at radius 2 is 1.83 bits per heavy atom. The van der Waals surface area contributed by atoms with Crippen molar-refractivity contribution in [3.8, 4) is 0 Å². The molecular weight excluding hydrogens is 304 g/mol. The number of hydrogen-bond donors (Lipinski definition) is 1. The number of carbonyl (C=O) groups is 2. The molecule has 0 saturated carbocycles. The Kier molecular flexibility index (Phi) is 5.35. The molecule has 0 spiro atoms. The molecule has 0 unspecified atom stereocenters. The molecule has 0 fully saturated rings. The molecule has 2 amide bonds. The summed E-state index contributed by atoms with van der Waals surface area (Å²) in [6, 6.07) is 8.12. The lowest BCUT2D eigenvalue weighted by Crippen LogP contribution is -2.38. The summed E-state index contributed by atoms with van der Waals surface area (Å²) in [5, 5.41) is 2.15. The van der Waals surface area contributed by atoms with E-state index in [1.54, 1.807) is 19.1 Å². The standard InChI is InChI=1S/C16H15F2N3O2/c1-2-21(16(23)13-8-3-4-9-19-13)10-14(22)20-15-11(17)6-5-7-12(15)18/h3-9H,2,10H2,1H3,(H,20,22). The van der Waals surface area contributed by atoms with Gasteiger partial charge in [0, 0.05) is 12.7 Å². The molecule has 7 heteroatoms. The second kappa shape index (κ2) is 7.44. The Labute approximate surface area is 131 Å². The first-order valence-corrected chi connectivity index (χ1v) is 6.97. The number of pyridine rings is 1. The van der Waals surface area contributed by atoms with Crippen LogP contribution in [0.4, 0.5) is 14.5 Å². The third-order valence-electron chi connectivity index (χ3n) is 3.11. The van der Waals surface area contributed by atoms with Crippen molar-refractivity contribution in [1.82, 2.24) is 9.88 Å². The number of hydrogen-bond acceptors (Lipinski definition) is 3. The maximum Gasteiger partial charge on any atom is 0.272 e. The number of rotatable bonds is 5. The van der Waals surface area contributed by atoms with Gasteiger partial charge in [-0.05, 0) is 31.2 Å². The molecular formula is C16H15F2N3O2. The third-order valence-corrected chi connectivity index (χ3v) is 3.11. The fourth-order valence-electron chi connectivity index (χ4n) is 1.95. The van der Waals surface area contributed by atoms with Gasteiger partial charge in [-0.15, -0.1) is 0 Å². The van der Waals surface area contributed by atoms with Crippen LogP contribution in [0.3, 0.4) is 0 Å². The SMILES string of the molecule is CCN(CC(=O)Nc1c(F)cccc1F)C(=O)c1ccccn1. The highest BCUT2D eigenvalue weighted by Gasteiger charge is 2.19. The Balaban J connectivity index is 2.07. The number of nitrogens with one attached hydrogen (secondary N) is 1. The number of anilines is 1. The van der Waals surface area contributed by atoms with Gasteiger partial charge in [-0.3, -0.25) is 14.6 Å². The lowest BCUT2D eigenvalue weighted by molar-refractivity contribution is -0.116. The normalized spacial score (nSPS) is 10.2. The summed E-state index contributed by atoms with van der Waals surface area (Å²) in [4.78, 5) is 29.4. The maximum absolute atomic E-state index is 13.5. The van der Waals surface area contributed by atoms with Gasteiger partial charge in [0.25, 0.3) is 5.91 Å². The molecule has 0 aliphatic carbocycles. The van der Waals surface area contributed by atoms with Gasteiger partial charge in [-0.1, -0.05) is 12.1 Å². The first-order valence-electron chi connectivity index (χ1n) is 6.97. The Morgan fingerprint density at radius 3 is 2.39 bits per heavy atom. The first kappa shape index (κ1) is 16.5. The van der Waals surface area contributed by atoms with E-state index in [-0.39, 0.29) is 18.8 Å². The molecule has 0 aliphatic heterocycles. The highest BCUT2D eigenvalue weighted by molar-refractivity contribution is 5.98. The van der Waals surface area contributed by atoms with Gasteiger partial charge < -0.3 is 10.2 Å². The highest BCUT2D eigenvalue weighted by Crippen LogP contribution is 2.17. The molecule has 0 radical (unpaired) electrons. The van der Waals surface area contributed by atoms with Crippen molar-refractivity contribution >= 4 is 17.5 Å². The largest absolute Gasteiger partial charge is 0.328 e. The van der Waals surface area contributed by atoms with Crippen LogP contribution in [0.5, 0.6) is 0 Å². The smallest absolute Gasteiger partial charge is 0.272 e. The Hall–Kier alpha value is -2.83. The van der Waals surface area contributed by atoms with E-state index in [9.17, 15) is 18.4 Å². The zero-order valence-corrected chi connectivity index (χ0v) is 12.4. The molecule has 1 N–H and O–H groups in total. The van der Waals surface area contributed by atoms with E-state index in [1.807, 2.05) is 0 Å². The predicted octanol–water partition coefficient (Wildman–Crippen LogP) is 2.46. The molecule has 0 saturated heterocycles. The van der Waals surface area contributed by atoms with E-state index in [0.29, 0.717) is 0 Å². The molecule has 2 aromatic rings. The monoisotopic (exact) mass is 319 g/mol. The highest BCUT2D eigenvalue weighted by atomic mass is 19.1. The summed E-state index contributed by atoms with van der Waals surface area (Å²) in [6.07, 6.45) is 1.47. The fraction of sp³-hybridized carbons (Fsp3) is 0.188. The van der Waals surface area contributed by atoms with Crippen LogP contribution in [-0.2, 0) is 4.79 Å². The van der Waals surface area contributed by atoms with Crippen LogP contribution < -0.4 is 5.32 Å². The maximum atomic E-state index is 13.5. The van der Waals surface area contributed by atoms with Crippen molar-refractivity contribution in [3.05, 3.63) is 59.9 Å². The van der Waals surface area contributed by atoms with Crippen LogP contribution in [-0.4, -0.2) is 34.8 Å². The number of amides is 2. The van der Waals surface area contributed by atoms with E-state index < -0.39 is 29.1 Å². The van der Waals surface area contributed by atoms with Crippen LogP contribution in [0.1, 0.15) is 17.4 Å². The van der Waals surface area contributed by atoms with Gasteiger partial charge in [0.05, 0.1) is 0 Å². The zero-order valence-electron chi connectivity index (χ0n) is 12.4. The Bertz CT molecular complexity index is 687. The summed E-state index contributed by atoms with van der Waals surface area (Å²) >= 11 is 0.